The number of nitrogens with zero attached hydrogens (tertiary/aromatic N) is 3. The molecule has 0 saturated carbocycles. The lowest BCUT2D eigenvalue weighted by atomic mass is 10.2. The predicted octanol–water partition coefficient (Wildman–Crippen LogP) is 1.45. The zero-order chi connectivity index (χ0) is 12.3. The Morgan fingerprint density at radius 2 is 2.41 bits per heavy atom. The molecule has 17 heavy (non-hydrogen) atoms. The maximum absolute atomic E-state index is 13.3. The number of hydrogen-bond donors (Lipinski definition) is 0. The van der Waals surface area contributed by atoms with Gasteiger partial charge in [0.1, 0.15) is 0 Å². The number of esters is 1. The van der Waals surface area contributed by atoms with Gasteiger partial charge in [-0.2, -0.15) is 4.98 Å². The molecule has 0 bridgehead atoms. The van der Waals surface area contributed by atoms with Crippen molar-refractivity contribution in [1.29, 1.82) is 0 Å². The minimum atomic E-state index is -0.711. The first kappa shape index (κ1) is 11.2. The Balaban J connectivity index is 2.30. The third kappa shape index (κ3) is 2.27. The highest BCUT2D eigenvalue weighted by Crippen LogP contribution is 2.19. The summed E-state index contributed by atoms with van der Waals surface area (Å²) in [5.41, 5.74) is 0.0862. The van der Waals surface area contributed by atoms with Crippen LogP contribution in [-0.4, -0.2) is 27.7 Å². The molecule has 0 radical (unpaired) electrons. The molecule has 88 valence electrons. The second kappa shape index (κ2) is 4.69. The van der Waals surface area contributed by atoms with E-state index in [1.54, 1.807) is 6.92 Å². The van der Waals surface area contributed by atoms with Crippen molar-refractivity contribution in [3.05, 3.63) is 30.1 Å². The van der Waals surface area contributed by atoms with E-state index in [1.807, 2.05) is 0 Å². The zero-order valence-electron chi connectivity index (χ0n) is 8.88. The van der Waals surface area contributed by atoms with E-state index in [4.69, 9.17) is 4.52 Å². The van der Waals surface area contributed by atoms with Crippen molar-refractivity contribution >= 4 is 5.97 Å². The van der Waals surface area contributed by atoms with Crippen molar-refractivity contribution in [3.63, 3.8) is 0 Å². The molecule has 0 unspecified atom stereocenters. The van der Waals surface area contributed by atoms with E-state index in [1.165, 1.54) is 12.3 Å². The van der Waals surface area contributed by atoms with Gasteiger partial charge in [0.25, 0.3) is 11.7 Å². The highest BCUT2D eigenvalue weighted by atomic mass is 19.1. The maximum Gasteiger partial charge on any atom is 0.379 e. The van der Waals surface area contributed by atoms with Crippen LogP contribution in [0.5, 0.6) is 0 Å². The molecule has 0 aliphatic rings. The first-order valence-electron chi connectivity index (χ1n) is 4.83. The molecule has 2 aromatic rings. The van der Waals surface area contributed by atoms with Gasteiger partial charge >= 0.3 is 5.97 Å². The third-order valence-electron chi connectivity index (χ3n) is 1.89. The first-order valence-corrected chi connectivity index (χ1v) is 4.83. The fourth-order valence-corrected chi connectivity index (χ4v) is 1.16. The lowest BCUT2D eigenvalue weighted by Gasteiger charge is -1.94. The molecule has 2 heterocycles. The Labute approximate surface area is 95.4 Å². The highest BCUT2D eigenvalue weighted by Gasteiger charge is 2.18. The van der Waals surface area contributed by atoms with Crippen LogP contribution in [0.15, 0.2) is 23.0 Å². The lowest BCUT2D eigenvalue weighted by molar-refractivity contribution is 0.0508. The number of hydrogen-bond acceptors (Lipinski definition) is 6. The number of aromatic nitrogens is 3. The molecule has 0 fully saturated rings. The van der Waals surface area contributed by atoms with E-state index in [9.17, 15) is 9.18 Å². The number of carbonyl (C=O) groups is 1. The predicted molar refractivity (Wildman–Crippen MR) is 53.4 cm³/mol. The molecule has 2 rings (SSSR count). The summed E-state index contributed by atoms with van der Waals surface area (Å²) in [6.07, 6.45) is 2.40. The van der Waals surface area contributed by atoms with Crippen molar-refractivity contribution < 1.29 is 18.4 Å². The first-order chi connectivity index (χ1) is 8.22. The van der Waals surface area contributed by atoms with Gasteiger partial charge in [0, 0.05) is 6.20 Å². The number of carbonyl (C=O) groups excluding carboxylic acids is 1. The number of pyridine rings is 1. The van der Waals surface area contributed by atoms with Gasteiger partial charge in [-0.05, 0) is 18.1 Å². The average Bonchev–Trinajstić information content (AvgIpc) is 2.79. The van der Waals surface area contributed by atoms with Crippen molar-refractivity contribution in [2.75, 3.05) is 6.61 Å². The van der Waals surface area contributed by atoms with E-state index in [-0.39, 0.29) is 23.9 Å². The maximum atomic E-state index is 13.3. The summed E-state index contributed by atoms with van der Waals surface area (Å²) in [5, 5.41) is 3.40. The van der Waals surface area contributed by atoms with Gasteiger partial charge in [0.2, 0.25) is 0 Å². The molecule has 0 aliphatic carbocycles. The zero-order valence-corrected chi connectivity index (χ0v) is 8.88. The standard InChI is InChI=1S/C10H8FN3O3/c1-2-16-10(15)8-13-9(17-14-8)6-3-4-12-5-7(6)11/h3-5H,2H2,1H3. The van der Waals surface area contributed by atoms with Gasteiger partial charge in [0.05, 0.1) is 18.4 Å². The molecule has 0 amide bonds. The molecular weight excluding hydrogens is 229 g/mol. The Hall–Kier alpha value is -2.31. The van der Waals surface area contributed by atoms with Gasteiger partial charge in [-0.3, -0.25) is 4.98 Å². The molecule has 2 aromatic heterocycles. The molecule has 7 heteroatoms. The Kier molecular flexibility index (Phi) is 3.08. The van der Waals surface area contributed by atoms with Crippen LogP contribution in [0.2, 0.25) is 0 Å². The second-order valence-corrected chi connectivity index (χ2v) is 3.00. The van der Waals surface area contributed by atoms with Crippen LogP contribution >= 0.6 is 0 Å². The molecule has 0 aromatic carbocycles. The fraction of sp³-hybridized carbons (Fsp3) is 0.200. The quantitative estimate of drug-likeness (QED) is 0.752. The summed E-state index contributed by atoms with van der Waals surface area (Å²) < 4.78 is 22.8. The molecule has 0 atom stereocenters. The Morgan fingerprint density at radius 3 is 3.12 bits per heavy atom. The van der Waals surface area contributed by atoms with Crippen molar-refractivity contribution in [1.82, 2.24) is 15.1 Å². The second-order valence-electron chi connectivity index (χ2n) is 3.00. The summed E-state index contributed by atoms with van der Waals surface area (Å²) in [6.45, 7) is 1.85. The largest absolute Gasteiger partial charge is 0.460 e. The van der Waals surface area contributed by atoms with E-state index < -0.39 is 11.8 Å². The minimum absolute atomic E-state index is 0.0862. The monoisotopic (exact) mass is 237 g/mol. The highest BCUT2D eigenvalue weighted by molar-refractivity contribution is 5.85. The number of halogens is 1. The SMILES string of the molecule is CCOC(=O)c1noc(-c2ccncc2F)n1. The van der Waals surface area contributed by atoms with Gasteiger partial charge in [-0.1, -0.05) is 0 Å². The summed E-state index contributed by atoms with van der Waals surface area (Å²) in [4.78, 5) is 18.6. The van der Waals surface area contributed by atoms with Gasteiger partial charge < -0.3 is 9.26 Å². The topological polar surface area (TPSA) is 78.1 Å². The van der Waals surface area contributed by atoms with Crippen LogP contribution in [0.3, 0.4) is 0 Å². The van der Waals surface area contributed by atoms with Crippen LogP contribution in [0.4, 0.5) is 4.39 Å². The van der Waals surface area contributed by atoms with E-state index >= 15 is 0 Å². The normalized spacial score (nSPS) is 10.2. The van der Waals surface area contributed by atoms with Crippen LogP contribution in [-0.2, 0) is 4.74 Å². The van der Waals surface area contributed by atoms with Crippen LogP contribution in [0, 0.1) is 5.82 Å². The Morgan fingerprint density at radius 1 is 1.59 bits per heavy atom. The smallest absolute Gasteiger partial charge is 0.379 e. The van der Waals surface area contributed by atoms with E-state index in [2.05, 4.69) is 19.9 Å². The summed E-state index contributed by atoms with van der Waals surface area (Å²) in [7, 11) is 0. The van der Waals surface area contributed by atoms with Crippen LogP contribution < -0.4 is 0 Å². The Bertz CT molecular complexity index is 541. The summed E-state index contributed by atoms with van der Waals surface area (Å²) in [6, 6.07) is 1.37. The summed E-state index contributed by atoms with van der Waals surface area (Å²) in [5.74, 6) is -1.64. The van der Waals surface area contributed by atoms with E-state index in [0.29, 0.717) is 0 Å². The van der Waals surface area contributed by atoms with Crippen molar-refractivity contribution in [3.8, 4) is 11.5 Å². The third-order valence-corrected chi connectivity index (χ3v) is 1.89. The van der Waals surface area contributed by atoms with Crippen LogP contribution in [0.25, 0.3) is 11.5 Å². The average molecular weight is 237 g/mol. The van der Waals surface area contributed by atoms with Gasteiger partial charge in [-0.15, -0.1) is 0 Å². The molecule has 0 spiro atoms. The van der Waals surface area contributed by atoms with Crippen LogP contribution in [0.1, 0.15) is 17.5 Å². The van der Waals surface area contributed by atoms with Gasteiger partial charge in [0.15, 0.2) is 5.82 Å². The molecular formula is C10H8FN3O3. The molecule has 0 N–H and O–H groups in total. The molecule has 6 nitrogen and oxygen atoms in total. The van der Waals surface area contributed by atoms with Crippen molar-refractivity contribution in [2.45, 2.75) is 6.92 Å². The minimum Gasteiger partial charge on any atom is -0.460 e. The number of ether oxygens (including phenoxy) is 1. The van der Waals surface area contributed by atoms with Gasteiger partial charge in [-0.25, -0.2) is 9.18 Å². The molecule has 0 aliphatic heterocycles. The summed E-state index contributed by atoms with van der Waals surface area (Å²) >= 11 is 0. The van der Waals surface area contributed by atoms with Crippen molar-refractivity contribution in [2.24, 2.45) is 0 Å². The molecule has 0 saturated heterocycles. The van der Waals surface area contributed by atoms with E-state index in [0.717, 1.165) is 6.20 Å². The fourth-order valence-electron chi connectivity index (χ4n) is 1.16. The number of rotatable bonds is 3. The lowest BCUT2D eigenvalue weighted by Crippen LogP contribution is -2.06.